The second kappa shape index (κ2) is 3.34. The molecule has 1 rings (SSSR count). The maximum atomic E-state index is 10.1. The highest BCUT2D eigenvalue weighted by Gasteiger charge is 2.01. The Balaban J connectivity index is 2.45. The molecular formula is C6H8N2O2S. The van der Waals surface area contributed by atoms with Gasteiger partial charge in [-0.15, -0.1) is 11.3 Å². The van der Waals surface area contributed by atoms with Gasteiger partial charge in [0.1, 0.15) is 0 Å². The predicted molar refractivity (Wildman–Crippen MR) is 42.5 cm³/mol. The summed E-state index contributed by atoms with van der Waals surface area (Å²) in [4.78, 5) is 14.9. The smallest absolute Gasteiger partial charge is 0.303 e. The Morgan fingerprint density at radius 1 is 1.82 bits per heavy atom. The highest BCUT2D eigenvalue weighted by atomic mass is 32.1. The molecule has 3 N–H and O–H groups in total. The number of hydrogen-bond acceptors (Lipinski definition) is 4. The second-order valence-electron chi connectivity index (χ2n) is 2.06. The molecule has 0 aromatic carbocycles. The Morgan fingerprint density at radius 2 is 2.55 bits per heavy atom. The summed E-state index contributed by atoms with van der Waals surface area (Å²) >= 11 is 1.33. The molecule has 0 saturated carbocycles. The average Bonchev–Trinajstić information content (AvgIpc) is 2.31. The average molecular weight is 172 g/mol. The molecule has 0 spiro atoms. The number of aromatic nitrogens is 1. The van der Waals surface area contributed by atoms with Crippen LogP contribution in [0.4, 0.5) is 5.13 Å². The highest BCUT2D eigenvalue weighted by Crippen LogP contribution is 2.15. The summed E-state index contributed by atoms with van der Waals surface area (Å²) in [7, 11) is 0. The van der Waals surface area contributed by atoms with E-state index < -0.39 is 5.97 Å². The highest BCUT2D eigenvalue weighted by molar-refractivity contribution is 7.15. The topological polar surface area (TPSA) is 76.2 Å². The van der Waals surface area contributed by atoms with Gasteiger partial charge in [-0.1, -0.05) is 0 Å². The molecule has 1 heterocycles. The molecular weight excluding hydrogens is 164 g/mol. The number of nitrogens with two attached hydrogens (primary N) is 1. The van der Waals surface area contributed by atoms with E-state index in [2.05, 4.69) is 4.98 Å². The van der Waals surface area contributed by atoms with Crippen LogP contribution in [0.5, 0.6) is 0 Å². The minimum absolute atomic E-state index is 0.141. The molecule has 0 aliphatic carbocycles. The van der Waals surface area contributed by atoms with E-state index in [1.807, 2.05) is 0 Å². The largest absolute Gasteiger partial charge is 0.481 e. The number of thiazole rings is 1. The van der Waals surface area contributed by atoms with Crippen LogP contribution < -0.4 is 5.73 Å². The summed E-state index contributed by atoms with van der Waals surface area (Å²) in [5, 5.41) is 8.83. The number of carboxylic acid groups (broad SMARTS) is 1. The number of nitrogen functional groups attached to an aromatic ring is 1. The van der Waals surface area contributed by atoms with E-state index in [1.165, 1.54) is 11.3 Å². The molecule has 4 nitrogen and oxygen atoms in total. The lowest BCUT2D eigenvalue weighted by atomic mass is 10.3. The fourth-order valence-corrected chi connectivity index (χ4v) is 1.35. The SMILES string of the molecule is Nc1ncc(CCC(=O)O)s1. The normalized spacial score (nSPS) is 9.82. The summed E-state index contributed by atoms with van der Waals surface area (Å²) in [5.74, 6) is -0.794. The predicted octanol–water partition coefficient (Wildman–Crippen LogP) is 0.743. The molecule has 0 radical (unpaired) electrons. The fraction of sp³-hybridized carbons (Fsp3) is 0.333. The van der Waals surface area contributed by atoms with E-state index in [9.17, 15) is 4.79 Å². The molecule has 0 amide bonds. The molecule has 5 heteroatoms. The number of aliphatic carboxylic acids is 1. The Kier molecular flexibility index (Phi) is 2.43. The van der Waals surface area contributed by atoms with Crippen LogP contribution in [-0.4, -0.2) is 16.1 Å². The Hall–Kier alpha value is -1.10. The van der Waals surface area contributed by atoms with Gasteiger partial charge in [0.25, 0.3) is 0 Å². The van der Waals surface area contributed by atoms with Crippen molar-refractivity contribution in [1.82, 2.24) is 4.98 Å². The van der Waals surface area contributed by atoms with Crippen LogP contribution in [0.2, 0.25) is 0 Å². The van der Waals surface area contributed by atoms with Crippen molar-refractivity contribution in [3.63, 3.8) is 0 Å². The van der Waals surface area contributed by atoms with E-state index in [-0.39, 0.29) is 6.42 Å². The summed E-state index contributed by atoms with van der Waals surface area (Å²) in [6.07, 6.45) is 2.27. The Morgan fingerprint density at radius 3 is 3.00 bits per heavy atom. The van der Waals surface area contributed by atoms with Crippen molar-refractivity contribution in [2.24, 2.45) is 0 Å². The molecule has 11 heavy (non-hydrogen) atoms. The van der Waals surface area contributed by atoms with E-state index >= 15 is 0 Å². The summed E-state index contributed by atoms with van der Waals surface area (Å²) in [6.45, 7) is 0. The zero-order chi connectivity index (χ0) is 8.27. The minimum Gasteiger partial charge on any atom is -0.481 e. The van der Waals surface area contributed by atoms with Crippen molar-refractivity contribution in [2.75, 3.05) is 5.73 Å². The first kappa shape index (κ1) is 8.00. The van der Waals surface area contributed by atoms with E-state index in [0.29, 0.717) is 11.6 Å². The summed E-state index contributed by atoms with van der Waals surface area (Å²) in [5.41, 5.74) is 5.34. The lowest BCUT2D eigenvalue weighted by molar-refractivity contribution is -0.136. The number of carbonyl (C=O) groups is 1. The molecule has 0 saturated heterocycles. The first-order valence-electron chi connectivity index (χ1n) is 3.10. The zero-order valence-corrected chi connectivity index (χ0v) is 6.60. The van der Waals surface area contributed by atoms with Crippen molar-refractivity contribution >= 4 is 22.4 Å². The maximum absolute atomic E-state index is 10.1. The molecule has 60 valence electrons. The van der Waals surface area contributed by atoms with Crippen molar-refractivity contribution in [2.45, 2.75) is 12.8 Å². The van der Waals surface area contributed by atoms with Crippen LogP contribution in [0.3, 0.4) is 0 Å². The van der Waals surface area contributed by atoms with Gasteiger partial charge in [-0.25, -0.2) is 4.98 Å². The molecule has 0 unspecified atom stereocenters. The number of rotatable bonds is 3. The van der Waals surface area contributed by atoms with Gasteiger partial charge in [-0.2, -0.15) is 0 Å². The standard InChI is InChI=1S/C6H8N2O2S/c7-6-8-3-4(11-6)1-2-5(9)10/h3H,1-2H2,(H2,7,8)(H,9,10). The van der Waals surface area contributed by atoms with Gasteiger partial charge in [0.2, 0.25) is 0 Å². The van der Waals surface area contributed by atoms with Crippen LogP contribution in [0.1, 0.15) is 11.3 Å². The van der Waals surface area contributed by atoms with E-state index in [0.717, 1.165) is 4.88 Å². The van der Waals surface area contributed by atoms with Crippen LogP contribution in [0, 0.1) is 0 Å². The molecule has 1 aromatic rings. The molecule has 0 fully saturated rings. The van der Waals surface area contributed by atoms with Gasteiger partial charge in [0, 0.05) is 11.1 Å². The van der Waals surface area contributed by atoms with E-state index in [1.54, 1.807) is 6.20 Å². The van der Waals surface area contributed by atoms with Crippen molar-refractivity contribution in [3.8, 4) is 0 Å². The molecule has 0 atom stereocenters. The quantitative estimate of drug-likeness (QED) is 0.705. The van der Waals surface area contributed by atoms with Crippen molar-refractivity contribution in [1.29, 1.82) is 0 Å². The second-order valence-corrected chi connectivity index (χ2v) is 3.21. The molecule has 0 aliphatic heterocycles. The van der Waals surface area contributed by atoms with Gasteiger partial charge in [-0.3, -0.25) is 4.79 Å². The van der Waals surface area contributed by atoms with Crippen LogP contribution >= 0.6 is 11.3 Å². The van der Waals surface area contributed by atoms with Gasteiger partial charge < -0.3 is 10.8 Å². The summed E-state index contributed by atoms with van der Waals surface area (Å²) in [6, 6.07) is 0. The summed E-state index contributed by atoms with van der Waals surface area (Å²) < 4.78 is 0. The monoisotopic (exact) mass is 172 g/mol. The van der Waals surface area contributed by atoms with Crippen LogP contribution in [0.25, 0.3) is 0 Å². The first-order chi connectivity index (χ1) is 5.18. The lowest BCUT2D eigenvalue weighted by Gasteiger charge is -1.88. The van der Waals surface area contributed by atoms with Gasteiger partial charge in [0.05, 0.1) is 6.42 Å². The van der Waals surface area contributed by atoms with Crippen molar-refractivity contribution < 1.29 is 9.90 Å². The molecule has 0 bridgehead atoms. The third-order valence-electron chi connectivity index (χ3n) is 1.16. The fourth-order valence-electron chi connectivity index (χ4n) is 0.668. The number of hydrogen-bond donors (Lipinski definition) is 2. The van der Waals surface area contributed by atoms with E-state index in [4.69, 9.17) is 10.8 Å². The van der Waals surface area contributed by atoms with Gasteiger partial charge in [-0.05, 0) is 6.42 Å². The minimum atomic E-state index is -0.794. The Bertz CT molecular complexity index is 259. The lowest BCUT2D eigenvalue weighted by Crippen LogP contribution is -1.95. The number of anilines is 1. The third-order valence-corrected chi connectivity index (χ3v) is 2.04. The molecule has 0 aliphatic rings. The number of carboxylic acids is 1. The third kappa shape index (κ3) is 2.55. The maximum Gasteiger partial charge on any atom is 0.303 e. The number of aryl methyl sites for hydroxylation is 1. The molecule has 1 aromatic heterocycles. The van der Waals surface area contributed by atoms with Crippen molar-refractivity contribution in [3.05, 3.63) is 11.1 Å². The Labute approximate surface area is 67.7 Å². The van der Waals surface area contributed by atoms with Crippen LogP contribution in [0.15, 0.2) is 6.20 Å². The van der Waals surface area contributed by atoms with Gasteiger partial charge >= 0.3 is 5.97 Å². The first-order valence-corrected chi connectivity index (χ1v) is 3.92. The van der Waals surface area contributed by atoms with Gasteiger partial charge in [0.15, 0.2) is 5.13 Å². The zero-order valence-electron chi connectivity index (χ0n) is 5.78. The van der Waals surface area contributed by atoms with Crippen LogP contribution in [-0.2, 0) is 11.2 Å². The number of nitrogens with zero attached hydrogens (tertiary/aromatic N) is 1.